The van der Waals surface area contributed by atoms with Crippen molar-refractivity contribution in [2.45, 2.75) is 46.5 Å². The van der Waals surface area contributed by atoms with Crippen LogP contribution in [0, 0.1) is 11.8 Å². The van der Waals surface area contributed by atoms with Gasteiger partial charge in [-0.05, 0) is 18.8 Å². The van der Waals surface area contributed by atoms with E-state index < -0.39 is 0 Å². The summed E-state index contributed by atoms with van der Waals surface area (Å²) in [5.41, 5.74) is 0. The van der Waals surface area contributed by atoms with Crippen molar-refractivity contribution in [1.29, 1.82) is 0 Å². The van der Waals surface area contributed by atoms with Crippen LogP contribution in [0.5, 0.6) is 0 Å². The number of likely N-dealkylation sites (tertiary alicyclic amines) is 1. The molecule has 92 valence electrons. The van der Waals surface area contributed by atoms with Crippen molar-refractivity contribution in [2.24, 2.45) is 11.8 Å². The maximum atomic E-state index is 11.6. The Hall–Kier alpha value is -0.860. The SMILES string of the molecule is CCC(=O)N1CCC(CC(=O)C(C)C)CC1. The van der Waals surface area contributed by atoms with Crippen LogP contribution in [0.4, 0.5) is 0 Å². The quantitative estimate of drug-likeness (QED) is 0.736. The standard InChI is InChI=1S/C13H23NO2/c1-4-13(16)14-7-5-11(6-8-14)9-12(15)10(2)3/h10-11H,4-9H2,1-3H3. The van der Waals surface area contributed by atoms with E-state index in [-0.39, 0.29) is 11.8 Å². The van der Waals surface area contributed by atoms with Crippen molar-refractivity contribution in [3.8, 4) is 0 Å². The third-order valence-corrected chi connectivity index (χ3v) is 3.40. The molecule has 0 N–H and O–H groups in total. The number of carbonyl (C=O) groups excluding carboxylic acids is 2. The number of piperidine rings is 1. The second kappa shape index (κ2) is 6.02. The number of hydrogen-bond donors (Lipinski definition) is 0. The molecule has 0 atom stereocenters. The first-order valence-corrected chi connectivity index (χ1v) is 6.35. The number of ketones is 1. The number of nitrogens with zero attached hydrogens (tertiary/aromatic N) is 1. The predicted octanol–water partition coefficient (Wildman–Crippen LogP) is 2.25. The summed E-state index contributed by atoms with van der Waals surface area (Å²) in [4.78, 5) is 25.0. The van der Waals surface area contributed by atoms with E-state index in [1.807, 2.05) is 25.7 Å². The Balaban J connectivity index is 2.32. The van der Waals surface area contributed by atoms with Crippen LogP contribution < -0.4 is 0 Å². The Labute approximate surface area is 98.2 Å². The molecule has 0 aromatic rings. The van der Waals surface area contributed by atoms with Crippen molar-refractivity contribution in [3.05, 3.63) is 0 Å². The van der Waals surface area contributed by atoms with Crippen molar-refractivity contribution >= 4 is 11.7 Å². The predicted molar refractivity (Wildman–Crippen MR) is 64.1 cm³/mol. The second-order valence-electron chi connectivity index (χ2n) is 5.00. The Morgan fingerprint density at radius 1 is 1.25 bits per heavy atom. The van der Waals surface area contributed by atoms with Gasteiger partial charge in [-0.3, -0.25) is 9.59 Å². The van der Waals surface area contributed by atoms with Gasteiger partial charge in [-0.2, -0.15) is 0 Å². The highest BCUT2D eigenvalue weighted by Gasteiger charge is 2.24. The minimum Gasteiger partial charge on any atom is -0.343 e. The molecule has 1 fully saturated rings. The topological polar surface area (TPSA) is 37.4 Å². The molecule has 1 aliphatic rings. The van der Waals surface area contributed by atoms with Gasteiger partial charge in [-0.25, -0.2) is 0 Å². The van der Waals surface area contributed by atoms with Gasteiger partial charge < -0.3 is 4.90 Å². The zero-order chi connectivity index (χ0) is 12.1. The van der Waals surface area contributed by atoms with E-state index in [1.165, 1.54) is 0 Å². The van der Waals surface area contributed by atoms with Gasteiger partial charge in [-0.15, -0.1) is 0 Å². The molecule has 0 unspecified atom stereocenters. The van der Waals surface area contributed by atoms with Crippen molar-refractivity contribution in [1.82, 2.24) is 4.90 Å². The summed E-state index contributed by atoms with van der Waals surface area (Å²) in [7, 11) is 0. The summed E-state index contributed by atoms with van der Waals surface area (Å²) in [6.45, 7) is 7.48. The Morgan fingerprint density at radius 2 is 1.81 bits per heavy atom. The lowest BCUT2D eigenvalue weighted by Gasteiger charge is -2.31. The first-order valence-electron chi connectivity index (χ1n) is 6.35. The minimum absolute atomic E-state index is 0.148. The summed E-state index contributed by atoms with van der Waals surface area (Å²) in [5.74, 6) is 1.25. The molecule has 0 aliphatic carbocycles. The molecule has 0 bridgehead atoms. The van der Waals surface area contributed by atoms with E-state index in [4.69, 9.17) is 0 Å². The fourth-order valence-corrected chi connectivity index (χ4v) is 2.13. The molecule has 1 rings (SSSR count). The van der Waals surface area contributed by atoms with Gasteiger partial charge in [0.2, 0.25) is 5.91 Å². The second-order valence-corrected chi connectivity index (χ2v) is 5.00. The number of hydrogen-bond acceptors (Lipinski definition) is 2. The molecule has 0 aromatic carbocycles. The molecule has 3 nitrogen and oxygen atoms in total. The lowest BCUT2D eigenvalue weighted by atomic mass is 9.89. The van der Waals surface area contributed by atoms with Crippen LogP contribution in [0.25, 0.3) is 0 Å². The molecule has 3 heteroatoms. The van der Waals surface area contributed by atoms with Crippen LogP contribution >= 0.6 is 0 Å². The highest BCUT2D eigenvalue weighted by Crippen LogP contribution is 2.22. The lowest BCUT2D eigenvalue weighted by molar-refractivity contribution is -0.132. The van der Waals surface area contributed by atoms with Crippen molar-refractivity contribution < 1.29 is 9.59 Å². The van der Waals surface area contributed by atoms with E-state index >= 15 is 0 Å². The molecule has 0 aromatic heterocycles. The molecular weight excluding hydrogens is 202 g/mol. The molecular formula is C13H23NO2. The summed E-state index contributed by atoms with van der Waals surface area (Å²) >= 11 is 0. The minimum atomic E-state index is 0.148. The zero-order valence-corrected chi connectivity index (χ0v) is 10.7. The van der Waals surface area contributed by atoms with Gasteiger partial charge in [0, 0.05) is 31.8 Å². The van der Waals surface area contributed by atoms with Gasteiger partial charge in [0.25, 0.3) is 0 Å². The molecule has 0 saturated carbocycles. The van der Waals surface area contributed by atoms with Gasteiger partial charge in [0.1, 0.15) is 5.78 Å². The van der Waals surface area contributed by atoms with Gasteiger partial charge in [-0.1, -0.05) is 20.8 Å². The molecule has 16 heavy (non-hydrogen) atoms. The van der Waals surface area contributed by atoms with Gasteiger partial charge >= 0.3 is 0 Å². The number of amides is 1. The van der Waals surface area contributed by atoms with Gasteiger partial charge in [0.05, 0.1) is 0 Å². The maximum absolute atomic E-state index is 11.6. The highest BCUT2D eigenvalue weighted by molar-refractivity contribution is 5.80. The summed E-state index contributed by atoms with van der Waals surface area (Å²) < 4.78 is 0. The van der Waals surface area contributed by atoms with Crippen LogP contribution in [0.3, 0.4) is 0 Å². The van der Waals surface area contributed by atoms with Crippen LogP contribution in [0.15, 0.2) is 0 Å². The molecule has 1 heterocycles. The monoisotopic (exact) mass is 225 g/mol. The average Bonchev–Trinajstić information content (AvgIpc) is 2.28. The lowest BCUT2D eigenvalue weighted by Crippen LogP contribution is -2.38. The van der Waals surface area contributed by atoms with Crippen LogP contribution in [0.2, 0.25) is 0 Å². The average molecular weight is 225 g/mol. The number of carbonyl (C=O) groups is 2. The summed E-state index contributed by atoms with van der Waals surface area (Å²) in [6, 6.07) is 0. The Kier molecular flexibility index (Phi) is 4.97. The van der Waals surface area contributed by atoms with E-state index in [0.29, 0.717) is 24.5 Å². The fraction of sp³-hybridized carbons (Fsp3) is 0.846. The zero-order valence-electron chi connectivity index (χ0n) is 10.7. The fourth-order valence-electron chi connectivity index (χ4n) is 2.13. The third kappa shape index (κ3) is 3.62. The number of Topliss-reactive ketones (excluding diaryl/α,β-unsaturated/α-hetero) is 1. The third-order valence-electron chi connectivity index (χ3n) is 3.40. The van der Waals surface area contributed by atoms with Crippen molar-refractivity contribution in [2.75, 3.05) is 13.1 Å². The van der Waals surface area contributed by atoms with Gasteiger partial charge in [0.15, 0.2) is 0 Å². The van der Waals surface area contributed by atoms with E-state index in [2.05, 4.69) is 0 Å². The van der Waals surface area contributed by atoms with E-state index in [0.717, 1.165) is 25.9 Å². The van der Waals surface area contributed by atoms with E-state index in [1.54, 1.807) is 0 Å². The molecule has 0 spiro atoms. The van der Waals surface area contributed by atoms with Crippen LogP contribution in [0.1, 0.15) is 46.5 Å². The highest BCUT2D eigenvalue weighted by atomic mass is 16.2. The smallest absolute Gasteiger partial charge is 0.222 e. The summed E-state index contributed by atoms with van der Waals surface area (Å²) in [5, 5.41) is 0. The Bertz CT molecular complexity index is 253. The summed E-state index contributed by atoms with van der Waals surface area (Å²) in [6.07, 6.45) is 3.27. The first-order chi connectivity index (χ1) is 7.54. The first kappa shape index (κ1) is 13.2. The normalized spacial score (nSPS) is 17.9. The van der Waals surface area contributed by atoms with Crippen molar-refractivity contribution in [3.63, 3.8) is 0 Å². The van der Waals surface area contributed by atoms with Crippen LogP contribution in [-0.4, -0.2) is 29.7 Å². The largest absolute Gasteiger partial charge is 0.343 e. The maximum Gasteiger partial charge on any atom is 0.222 e. The molecule has 1 saturated heterocycles. The van der Waals surface area contributed by atoms with Crippen LogP contribution in [-0.2, 0) is 9.59 Å². The molecule has 1 amide bonds. The number of rotatable bonds is 4. The van der Waals surface area contributed by atoms with E-state index in [9.17, 15) is 9.59 Å². The molecule has 1 aliphatic heterocycles. The molecule has 0 radical (unpaired) electrons. The Morgan fingerprint density at radius 3 is 2.25 bits per heavy atom.